The molecule has 0 aliphatic rings. The normalized spacial score (nSPS) is 12.4. The Hall–Kier alpha value is -1.49. The van der Waals surface area contributed by atoms with Crippen LogP contribution in [0.1, 0.15) is 37.7 Å². The molecule has 5 heteroatoms. The van der Waals surface area contributed by atoms with Gasteiger partial charge in [-0.3, -0.25) is 4.79 Å². The first kappa shape index (κ1) is 15.6. The van der Waals surface area contributed by atoms with Gasteiger partial charge in [0.05, 0.1) is 18.3 Å². The molecule has 1 unspecified atom stereocenters. The largest absolute Gasteiger partial charge is 0.397 e. The van der Waals surface area contributed by atoms with Crippen molar-refractivity contribution >= 4 is 11.6 Å². The second kappa shape index (κ2) is 7.19. The van der Waals surface area contributed by atoms with E-state index in [9.17, 15) is 4.79 Å². The van der Waals surface area contributed by atoms with Crippen LogP contribution in [0.2, 0.25) is 0 Å². The predicted molar refractivity (Wildman–Crippen MR) is 77.2 cm³/mol. The van der Waals surface area contributed by atoms with Gasteiger partial charge in [-0.2, -0.15) is 0 Å². The third-order valence-corrected chi connectivity index (χ3v) is 3.14. The summed E-state index contributed by atoms with van der Waals surface area (Å²) in [6, 6.07) is 1.80. The van der Waals surface area contributed by atoms with Crippen LogP contribution in [0.25, 0.3) is 0 Å². The Bertz CT molecular complexity index is 415. The summed E-state index contributed by atoms with van der Waals surface area (Å²) in [5.41, 5.74) is 7.10. The molecular weight excluding hydrogens is 242 g/mol. The highest BCUT2D eigenvalue weighted by Crippen LogP contribution is 2.15. The van der Waals surface area contributed by atoms with Crippen LogP contribution in [0.5, 0.6) is 0 Å². The number of aryl methyl sites for hydroxylation is 1. The van der Waals surface area contributed by atoms with E-state index in [0.29, 0.717) is 24.5 Å². The second-order valence-corrected chi connectivity index (χ2v) is 4.75. The topological polar surface area (TPSA) is 60.5 Å². The summed E-state index contributed by atoms with van der Waals surface area (Å²) >= 11 is 0. The molecule has 1 aromatic rings. The number of nitrogen functional groups attached to an aromatic ring is 1. The molecule has 0 spiro atoms. The number of nitrogens with two attached hydrogens (primary N) is 1. The standard InChI is InChI=1S/C14H25N3O2/c1-5-7-16-9-12(15)8-13(16)14(18)17(6-2)11(3)10-19-4/h8-9,11H,5-7,10,15H2,1-4H3. The van der Waals surface area contributed by atoms with E-state index in [1.807, 2.05) is 29.5 Å². The van der Waals surface area contributed by atoms with Gasteiger partial charge in [0, 0.05) is 26.4 Å². The van der Waals surface area contributed by atoms with Gasteiger partial charge >= 0.3 is 0 Å². The van der Waals surface area contributed by atoms with Gasteiger partial charge in [-0.1, -0.05) is 6.92 Å². The number of hydrogen-bond acceptors (Lipinski definition) is 3. The van der Waals surface area contributed by atoms with Crippen molar-refractivity contribution in [1.82, 2.24) is 9.47 Å². The first-order valence-electron chi connectivity index (χ1n) is 6.80. The third kappa shape index (κ3) is 3.73. The first-order chi connectivity index (χ1) is 9.04. The zero-order chi connectivity index (χ0) is 14.4. The van der Waals surface area contributed by atoms with E-state index >= 15 is 0 Å². The summed E-state index contributed by atoms with van der Waals surface area (Å²) in [6.07, 6.45) is 2.79. The fourth-order valence-corrected chi connectivity index (χ4v) is 2.27. The number of nitrogens with zero attached hydrogens (tertiary/aromatic N) is 2. The number of ether oxygens (including phenoxy) is 1. The molecule has 19 heavy (non-hydrogen) atoms. The van der Waals surface area contributed by atoms with Crippen LogP contribution in [-0.2, 0) is 11.3 Å². The second-order valence-electron chi connectivity index (χ2n) is 4.75. The molecule has 1 atom stereocenters. The lowest BCUT2D eigenvalue weighted by Gasteiger charge is -2.27. The van der Waals surface area contributed by atoms with Crippen molar-refractivity contribution in [1.29, 1.82) is 0 Å². The van der Waals surface area contributed by atoms with Crippen LogP contribution < -0.4 is 5.73 Å². The lowest BCUT2D eigenvalue weighted by molar-refractivity contribution is 0.0569. The monoisotopic (exact) mass is 267 g/mol. The Morgan fingerprint density at radius 1 is 1.53 bits per heavy atom. The molecule has 2 N–H and O–H groups in total. The van der Waals surface area contributed by atoms with Crippen LogP contribution in [0, 0.1) is 0 Å². The number of carbonyl (C=O) groups is 1. The molecule has 1 aromatic heterocycles. The maximum Gasteiger partial charge on any atom is 0.270 e. The Morgan fingerprint density at radius 3 is 2.74 bits per heavy atom. The van der Waals surface area contributed by atoms with Crippen molar-refractivity contribution in [3.8, 4) is 0 Å². The number of methoxy groups -OCH3 is 1. The summed E-state index contributed by atoms with van der Waals surface area (Å²) in [4.78, 5) is 14.4. The average Bonchev–Trinajstić information content (AvgIpc) is 2.72. The minimum absolute atomic E-state index is 0.0113. The molecule has 0 bridgehead atoms. The SMILES string of the molecule is CCCn1cc(N)cc1C(=O)N(CC)C(C)COC. The summed E-state index contributed by atoms with van der Waals surface area (Å²) in [6.45, 7) is 8.02. The Kier molecular flexibility index (Phi) is 5.89. The molecule has 1 heterocycles. The van der Waals surface area contributed by atoms with Crippen LogP contribution in [0.3, 0.4) is 0 Å². The van der Waals surface area contributed by atoms with E-state index in [0.717, 1.165) is 13.0 Å². The van der Waals surface area contributed by atoms with Crippen LogP contribution in [0.4, 0.5) is 5.69 Å². The number of carbonyl (C=O) groups excluding carboxylic acids is 1. The molecular formula is C14H25N3O2. The summed E-state index contributed by atoms with van der Waals surface area (Å²) in [5, 5.41) is 0. The predicted octanol–water partition coefficient (Wildman–Crippen LogP) is 1.98. The molecule has 0 aliphatic carbocycles. The van der Waals surface area contributed by atoms with Gasteiger partial charge in [-0.25, -0.2) is 0 Å². The van der Waals surface area contributed by atoms with Gasteiger partial charge in [0.15, 0.2) is 0 Å². The van der Waals surface area contributed by atoms with Gasteiger partial charge in [-0.15, -0.1) is 0 Å². The van der Waals surface area contributed by atoms with E-state index in [-0.39, 0.29) is 11.9 Å². The fourth-order valence-electron chi connectivity index (χ4n) is 2.27. The maximum absolute atomic E-state index is 12.6. The zero-order valence-electron chi connectivity index (χ0n) is 12.3. The Balaban J connectivity index is 2.96. The van der Waals surface area contributed by atoms with Crippen LogP contribution in [0.15, 0.2) is 12.3 Å². The van der Waals surface area contributed by atoms with E-state index < -0.39 is 0 Å². The molecule has 0 saturated carbocycles. The highest BCUT2D eigenvalue weighted by molar-refractivity contribution is 5.94. The number of anilines is 1. The number of aromatic nitrogens is 1. The van der Waals surface area contributed by atoms with Gasteiger partial charge < -0.3 is 19.9 Å². The molecule has 0 saturated heterocycles. The van der Waals surface area contributed by atoms with Gasteiger partial charge in [-0.05, 0) is 26.3 Å². The molecule has 5 nitrogen and oxygen atoms in total. The lowest BCUT2D eigenvalue weighted by atomic mass is 10.2. The number of amides is 1. The molecule has 0 radical (unpaired) electrons. The Labute approximate surface area is 115 Å². The molecule has 108 valence electrons. The smallest absolute Gasteiger partial charge is 0.270 e. The van der Waals surface area contributed by atoms with Crippen molar-refractivity contribution < 1.29 is 9.53 Å². The van der Waals surface area contributed by atoms with Gasteiger partial charge in [0.2, 0.25) is 0 Å². The number of hydrogen-bond donors (Lipinski definition) is 1. The lowest BCUT2D eigenvalue weighted by Crippen LogP contribution is -2.41. The maximum atomic E-state index is 12.6. The third-order valence-electron chi connectivity index (χ3n) is 3.14. The van der Waals surface area contributed by atoms with Crippen molar-refractivity contribution in [2.75, 3.05) is 26.0 Å². The Morgan fingerprint density at radius 2 is 2.21 bits per heavy atom. The molecule has 0 aliphatic heterocycles. The molecule has 1 amide bonds. The van der Waals surface area contributed by atoms with E-state index in [4.69, 9.17) is 10.5 Å². The zero-order valence-corrected chi connectivity index (χ0v) is 12.3. The van der Waals surface area contributed by atoms with E-state index in [1.165, 1.54) is 0 Å². The van der Waals surface area contributed by atoms with E-state index in [2.05, 4.69) is 6.92 Å². The average molecular weight is 267 g/mol. The molecule has 0 aromatic carbocycles. The minimum atomic E-state index is 0.0113. The van der Waals surface area contributed by atoms with Crippen molar-refractivity contribution in [2.24, 2.45) is 0 Å². The first-order valence-corrected chi connectivity index (χ1v) is 6.80. The van der Waals surface area contributed by atoms with Gasteiger partial charge in [0.1, 0.15) is 5.69 Å². The van der Waals surface area contributed by atoms with Crippen molar-refractivity contribution in [3.05, 3.63) is 18.0 Å². The number of rotatable bonds is 7. The highest BCUT2D eigenvalue weighted by atomic mass is 16.5. The number of likely N-dealkylation sites (N-methyl/N-ethyl adjacent to an activating group) is 1. The van der Waals surface area contributed by atoms with Gasteiger partial charge in [0.25, 0.3) is 5.91 Å². The quantitative estimate of drug-likeness (QED) is 0.821. The minimum Gasteiger partial charge on any atom is -0.397 e. The fraction of sp³-hybridized carbons (Fsp3) is 0.643. The molecule has 0 fully saturated rings. The van der Waals surface area contributed by atoms with Crippen LogP contribution >= 0.6 is 0 Å². The van der Waals surface area contributed by atoms with Crippen molar-refractivity contribution in [3.63, 3.8) is 0 Å². The van der Waals surface area contributed by atoms with E-state index in [1.54, 1.807) is 13.2 Å². The van der Waals surface area contributed by atoms with Crippen LogP contribution in [-0.4, -0.2) is 41.7 Å². The summed E-state index contributed by atoms with van der Waals surface area (Å²) in [5.74, 6) is 0.0113. The highest BCUT2D eigenvalue weighted by Gasteiger charge is 2.22. The molecule has 1 rings (SSSR count). The van der Waals surface area contributed by atoms with Crippen molar-refractivity contribution in [2.45, 2.75) is 39.8 Å². The summed E-state index contributed by atoms with van der Waals surface area (Å²) in [7, 11) is 1.65. The summed E-state index contributed by atoms with van der Waals surface area (Å²) < 4.78 is 7.06.